The second kappa shape index (κ2) is 6.03. The van der Waals surface area contributed by atoms with E-state index in [1.165, 1.54) is 12.1 Å². The molecule has 0 radical (unpaired) electrons. The van der Waals surface area contributed by atoms with Crippen molar-refractivity contribution in [1.82, 2.24) is 29.6 Å². The van der Waals surface area contributed by atoms with Gasteiger partial charge in [-0.05, 0) is 31.0 Å². The number of hydrogen-bond acceptors (Lipinski definition) is 4. The number of aryl methyl sites for hydroxylation is 1. The zero-order valence-electron chi connectivity index (χ0n) is 13.0. The summed E-state index contributed by atoms with van der Waals surface area (Å²) in [6.45, 7) is 1.28. The van der Waals surface area contributed by atoms with Gasteiger partial charge in [-0.25, -0.2) is 9.37 Å². The van der Waals surface area contributed by atoms with Gasteiger partial charge in [0.2, 0.25) is 5.91 Å². The van der Waals surface area contributed by atoms with Crippen molar-refractivity contribution in [3.63, 3.8) is 0 Å². The Labute approximate surface area is 137 Å². The summed E-state index contributed by atoms with van der Waals surface area (Å²) < 4.78 is 15.1. The molecule has 1 atom stereocenters. The molecular weight excluding hydrogens is 311 g/mol. The number of halogens is 1. The van der Waals surface area contributed by atoms with Gasteiger partial charge >= 0.3 is 0 Å². The van der Waals surface area contributed by atoms with Crippen molar-refractivity contribution in [1.29, 1.82) is 0 Å². The highest BCUT2D eigenvalue weighted by Crippen LogP contribution is 2.32. The topological polar surface area (TPSA) is 79.7 Å². The summed E-state index contributed by atoms with van der Waals surface area (Å²) in [4.78, 5) is 22.1. The lowest BCUT2D eigenvalue weighted by Gasteiger charge is -2.23. The van der Waals surface area contributed by atoms with Crippen LogP contribution in [0.1, 0.15) is 31.1 Å². The molecule has 1 aromatic carbocycles. The molecule has 7 nitrogen and oxygen atoms in total. The molecule has 1 fully saturated rings. The lowest BCUT2D eigenvalue weighted by molar-refractivity contribution is -0.132. The maximum Gasteiger partial charge on any atom is 0.224 e. The molecule has 0 bridgehead atoms. The number of aromatic nitrogens is 5. The molecule has 3 heterocycles. The Balaban J connectivity index is 1.51. The first kappa shape index (κ1) is 14.8. The van der Waals surface area contributed by atoms with Crippen LogP contribution in [0.25, 0.3) is 11.0 Å². The number of imidazole rings is 1. The van der Waals surface area contributed by atoms with Gasteiger partial charge in [-0.1, -0.05) is 0 Å². The first-order valence-corrected chi connectivity index (χ1v) is 7.98. The zero-order chi connectivity index (χ0) is 16.5. The number of carbonyl (C=O) groups is 1. The van der Waals surface area contributed by atoms with Crippen LogP contribution in [0.5, 0.6) is 0 Å². The van der Waals surface area contributed by atoms with Crippen LogP contribution in [-0.4, -0.2) is 42.1 Å². The third kappa shape index (κ3) is 2.75. The van der Waals surface area contributed by atoms with Crippen LogP contribution in [0.3, 0.4) is 0 Å². The van der Waals surface area contributed by atoms with Gasteiger partial charge < -0.3 is 14.5 Å². The molecule has 24 heavy (non-hydrogen) atoms. The molecule has 1 amide bonds. The SMILES string of the molecule is O=C(CCn1cnnc1)N1CCC[C@H]1c1nc2ccc(F)cc2[nH]1. The molecular formula is C16H17FN6O. The fourth-order valence-corrected chi connectivity index (χ4v) is 3.21. The van der Waals surface area contributed by atoms with Gasteiger partial charge in [0, 0.05) is 19.5 Å². The molecule has 1 saturated heterocycles. The summed E-state index contributed by atoms with van der Waals surface area (Å²) in [6.07, 6.45) is 5.39. The number of hydrogen-bond donors (Lipinski definition) is 1. The van der Waals surface area contributed by atoms with Gasteiger partial charge in [0.15, 0.2) is 0 Å². The highest BCUT2D eigenvalue weighted by molar-refractivity contribution is 5.78. The van der Waals surface area contributed by atoms with E-state index in [-0.39, 0.29) is 17.8 Å². The first-order valence-electron chi connectivity index (χ1n) is 7.98. The molecule has 0 spiro atoms. The average Bonchev–Trinajstić information content (AvgIpc) is 3.30. The molecule has 0 aliphatic carbocycles. The Hall–Kier alpha value is -2.77. The molecule has 1 aliphatic heterocycles. The third-order valence-corrected chi connectivity index (χ3v) is 4.40. The van der Waals surface area contributed by atoms with Crippen LogP contribution in [0, 0.1) is 5.82 Å². The van der Waals surface area contributed by atoms with Gasteiger partial charge in [-0.2, -0.15) is 0 Å². The van der Waals surface area contributed by atoms with E-state index in [0.717, 1.165) is 30.7 Å². The minimum Gasteiger partial charge on any atom is -0.340 e. The zero-order valence-corrected chi connectivity index (χ0v) is 13.0. The van der Waals surface area contributed by atoms with Crippen molar-refractivity contribution in [2.75, 3.05) is 6.54 Å². The summed E-state index contributed by atoms with van der Waals surface area (Å²) in [7, 11) is 0. The van der Waals surface area contributed by atoms with Crippen molar-refractivity contribution >= 4 is 16.9 Å². The molecule has 4 rings (SSSR count). The highest BCUT2D eigenvalue weighted by atomic mass is 19.1. The van der Waals surface area contributed by atoms with E-state index in [9.17, 15) is 9.18 Å². The molecule has 8 heteroatoms. The fourth-order valence-electron chi connectivity index (χ4n) is 3.21. The number of likely N-dealkylation sites (tertiary alicyclic amines) is 1. The van der Waals surface area contributed by atoms with Crippen LogP contribution < -0.4 is 0 Å². The van der Waals surface area contributed by atoms with Crippen LogP contribution in [0.2, 0.25) is 0 Å². The molecule has 0 unspecified atom stereocenters. The monoisotopic (exact) mass is 328 g/mol. The Bertz CT molecular complexity index is 859. The van der Waals surface area contributed by atoms with Crippen molar-refractivity contribution in [2.45, 2.75) is 31.8 Å². The van der Waals surface area contributed by atoms with Crippen molar-refractivity contribution < 1.29 is 9.18 Å². The number of H-pyrrole nitrogens is 1. The summed E-state index contributed by atoms with van der Waals surface area (Å²) in [5.41, 5.74) is 1.38. The maximum atomic E-state index is 13.3. The fraction of sp³-hybridized carbons (Fsp3) is 0.375. The predicted octanol–water partition coefficient (Wildman–Crippen LogP) is 2.05. The van der Waals surface area contributed by atoms with E-state index >= 15 is 0 Å². The summed E-state index contributed by atoms with van der Waals surface area (Å²) in [5.74, 6) is 0.509. The van der Waals surface area contributed by atoms with E-state index in [1.807, 2.05) is 4.90 Å². The van der Waals surface area contributed by atoms with Crippen LogP contribution in [0.4, 0.5) is 4.39 Å². The van der Waals surface area contributed by atoms with Crippen molar-refractivity contribution in [2.24, 2.45) is 0 Å². The number of benzene rings is 1. The number of aromatic amines is 1. The van der Waals surface area contributed by atoms with Gasteiger partial charge in [-0.3, -0.25) is 4.79 Å². The Morgan fingerprint density at radius 3 is 3.00 bits per heavy atom. The molecule has 3 aromatic rings. The second-order valence-corrected chi connectivity index (χ2v) is 5.98. The number of nitrogens with one attached hydrogen (secondary N) is 1. The molecule has 124 valence electrons. The quantitative estimate of drug-likeness (QED) is 0.795. The van der Waals surface area contributed by atoms with Crippen LogP contribution >= 0.6 is 0 Å². The second-order valence-electron chi connectivity index (χ2n) is 5.98. The van der Waals surface area contributed by atoms with E-state index < -0.39 is 0 Å². The number of fused-ring (bicyclic) bond motifs is 1. The number of nitrogens with zero attached hydrogens (tertiary/aromatic N) is 5. The minimum atomic E-state index is -0.300. The van der Waals surface area contributed by atoms with E-state index in [4.69, 9.17) is 0 Å². The molecule has 1 aliphatic rings. The summed E-state index contributed by atoms with van der Waals surface area (Å²) >= 11 is 0. The van der Waals surface area contributed by atoms with Gasteiger partial charge in [0.25, 0.3) is 0 Å². The standard InChI is InChI=1S/C16H17FN6O/c17-11-3-4-12-13(8-11)21-16(20-12)14-2-1-6-23(14)15(24)5-7-22-9-18-19-10-22/h3-4,8-10,14H,1-2,5-7H2,(H,20,21)/t14-/m0/s1. The van der Waals surface area contributed by atoms with Crippen LogP contribution in [-0.2, 0) is 11.3 Å². The number of amides is 1. The van der Waals surface area contributed by atoms with Gasteiger partial charge in [-0.15, -0.1) is 10.2 Å². The lowest BCUT2D eigenvalue weighted by Crippen LogP contribution is -2.31. The van der Waals surface area contributed by atoms with Gasteiger partial charge in [0.05, 0.1) is 17.1 Å². The minimum absolute atomic E-state index is 0.0751. The molecule has 2 aromatic heterocycles. The van der Waals surface area contributed by atoms with Gasteiger partial charge in [0.1, 0.15) is 24.3 Å². The third-order valence-electron chi connectivity index (χ3n) is 4.40. The largest absolute Gasteiger partial charge is 0.340 e. The highest BCUT2D eigenvalue weighted by Gasteiger charge is 2.31. The van der Waals surface area contributed by atoms with E-state index in [0.29, 0.717) is 18.5 Å². The average molecular weight is 328 g/mol. The first-order chi connectivity index (χ1) is 11.7. The summed E-state index contributed by atoms with van der Waals surface area (Å²) in [6, 6.07) is 4.40. The number of rotatable bonds is 4. The normalized spacial score (nSPS) is 17.7. The van der Waals surface area contributed by atoms with Crippen molar-refractivity contribution in [3.05, 3.63) is 42.5 Å². The molecule has 1 N–H and O–H groups in total. The number of carbonyl (C=O) groups excluding carboxylic acids is 1. The smallest absolute Gasteiger partial charge is 0.224 e. The van der Waals surface area contributed by atoms with Crippen molar-refractivity contribution in [3.8, 4) is 0 Å². The molecule has 0 saturated carbocycles. The van der Waals surface area contributed by atoms with E-state index in [1.54, 1.807) is 23.3 Å². The van der Waals surface area contributed by atoms with E-state index in [2.05, 4.69) is 20.2 Å². The Kier molecular flexibility index (Phi) is 3.72. The predicted molar refractivity (Wildman–Crippen MR) is 84.4 cm³/mol. The Morgan fingerprint density at radius 2 is 2.17 bits per heavy atom. The lowest BCUT2D eigenvalue weighted by atomic mass is 10.2. The Morgan fingerprint density at radius 1 is 1.33 bits per heavy atom. The summed E-state index contributed by atoms with van der Waals surface area (Å²) in [5, 5.41) is 7.47. The maximum absolute atomic E-state index is 13.3. The van der Waals surface area contributed by atoms with Crippen LogP contribution in [0.15, 0.2) is 30.9 Å².